The number of halogens is 4. The van der Waals surface area contributed by atoms with Crippen LogP contribution in [-0.4, -0.2) is 46.8 Å². The minimum atomic E-state index is -4.55. The van der Waals surface area contributed by atoms with E-state index in [1.807, 2.05) is 12.1 Å². The van der Waals surface area contributed by atoms with Gasteiger partial charge in [0.15, 0.2) is 11.6 Å². The van der Waals surface area contributed by atoms with Gasteiger partial charge in [0.1, 0.15) is 5.60 Å². The molecule has 0 saturated carbocycles. The Bertz CT molecular complexity index is 936. The van der Waals surface area contributed by atoms with Crippen molar-refractivity contribution < 1.29 is 27.9 Å². The molecule has 1 aliphatic heterocycles. The molecular weight excluding hydrogens is 475 g/mol. The normalized spacial score (nSPS) is 16.8. The number of hydrogen-bond donors (Lipinski definition) is 1. The number of nitrogens with zero attached hydrogens (tertiary/aromatic N) is 1. The van der Waals surface area contributed by atoms with Gasteiger partial charge in [0, 0.05) is 35.1 Å². The van der Waals surface area contributed by atoms with E-state index in [1.54, 1.807) is 12.1 Å². The van der Waals surface area contributed by atoms with Crippen LogP contribution in [0.1, 0.15) is 52.0 Å². The van der Waals surface area contributed by atoms with Gasteiger partial charge in [-0.3, -0.25) is 9.59 Å². The molecule has 1 heterocycles. The zero-order valence-corrected chi connectivity index (χ0v) is 18.4. The molecule has 0 bridgehead atoms. The third-order valence-electron chi connectivity index (χ3n) is 5.60. The minimum absolute atomic E-state index is 0.0562. The van der Waals surface area contributed by atoms with E-state index < -0.39 is 23.1 Å². The van der Waals surface area contributed by atoms with Crippen LogP contribution in [0.3, 0.4) is 0 Å². The van der Waals surface area contributed by atoms with Crippen molar-refractivity contribution in [3.63, 3.8) is 0 Å². The predicted molar refractivity (Wildman–Crippen MR) is 114 cm³/mol. The lowest BCUT2D eigenvalue weighted by atomic mass is 9.83. The highest BCUT2D eigenvalue weighted by Gasteiger charge is 2.40. The van der Waals surface area contributed by atoms with Crippen LogP contribution in [0, 0.1) is 0 Å². The van der Waals surface area contributed by atoms with E-state index in [0.29, 0.717) is 38.0 Å². The quantitative estimate of drug-likeness (QED) is 0.538. The zero-order chi connectivity index (χ0) is 22.6. The van der Waals surface area contributed by atoms with Gasteiger partial charge >= 0.3 is 6.18 Å². The Kier molecular flexibility index (Phi) is 7.34. The Morgan fingerprint density at radius 1 is 1.03 bits per heavy atom. The van der Waals surface area contributed by atoms with E-state index in [1.165, 1.54) is 12.1 Å². The van der Waals surface area contributed by atoms with Crippen LogP contribution in [-0.2, 0) is 6.18 Å². The van der Waals surface area contributed by atoms with Gasteiger partial charge in [0.2, 0.25) is 0 Å². The zero-order valence-electron chi connectivity index (χ0n) is 16.8. The molecule has 2 aromatic rings. The average Bonchev–Trinajstić information content (AvgIpc) is 2.74. The summed E-state index contributed by atoms with van der Waals surface area (Å²) in [6.45, 7) is 1.53. The van der Waals surface area contributed by atoms with Crippen LogP contribution < -0.4 is 0 Å². The van der Waals surface area contributed by atoms with Crippen molar-refractivity contribution in [2.24, 2.45) is 0 Å². The second kappa shape index (κ2) is 9.63. The van der Waals surface area contributed by atoms with E-state index in [0.717, 1.165) is 16.6 Å². The summed E-state index contributed by atoms with van der Waals surface area (Å²) in [6.07, 6.45) is -3.22. The second-order valence-corrected chi connectivity index (χ2v) is 8.73. The van der Waals surface area contributed by atoms with Crippen LogP contribution in [0.2, 0.25) is 0 Å². The van der Waals surface area contributed by atoms with E-state index in [2.05, 4.69) is 20.8 Å². The Morgan fingerprint density at radius 2 is 1.68 bits per heavy atom. The van der Waals surface area contributed by atoms with E-state index in [9.17, 15) is 27.9 Å². The Morgan fingerprint density at radius 3 is 2.29 bits per heavy atom. The summed E-state index contributed by atoms with van der Waals surface area (Å²) in [5.41, 5.74) is -2.06. The molecule has 1 saturated heterocycles. The highest BCUT2D eigenvalue weighted by Crippen LogP contribution is 2.32. The van der Waals surface area contributed by atoms with Crippen LogP contribution in [0.15, 0.2) is 53.0 Å². The maximum Gasteiger partial charge on any atom is 0.416 e. The van der Waals surface area contributed by atoms with Crippen molar-refractivity contribution in [2.75, 3.05) is 19.6 Å². The maximum atomic E-state index is 12.9. The third-order valence-corrected chi connectivity index (χ3v) is 6.13. The lowest BCUT2D eigenvalue weighted by Gasteiger charge is -2.37. The number of Topliss-reactive ketones (excluding diaryl/α,β-unsaturated/α-hetero) is 2. The van der Waals surface area contributed by atoms with Gasteiger partial charge in [-0.2, -0.15) is 13.2 Å². The first kappa shape index (κ1) is 23.6. The summed E-state index contributed by atoms with van der Waals surface area (Å²) in [5, 5.41) is 10.8. The minimum Gasteiger partial charge on any atom is -0.382 e. The third kappa shape index (κ3) is 6.02. The Hall–Kier alpha value is -2.03. The fourth-order valence-corrected chi connectivity index (χ4v) is 3.99. The van der Waals surface area contributed by atoms with Gasteiger partial charge in [0.25, 0.3) is 0 Å². The number of carbonyl (C=O) groups is 2. The monoisotopic (exact) mass is 497 g/mol. The second-order valence-electron chi connectivity index (χ2n) is 7.81. The van der Waals surface area contributed by atoms with Crippen molar-refractivity contribution in [3.8, 4) is 0 Å². The molecule has 0 atom stereocenters. The topological polar surface area (TPSA) is 57.6 Å². The smallest absolute Gasteiger partial charge is 0.382 e. The molecule has 0 spiro atoms. The first-order valence-corrected chi connectivity index (χ1v) is 10.8. The molecule has 31 heavy (non-hydrogen) atoms. The molecule has 2 aromatic carbocycles. The van der Waals surface area contributed by atoms with Crippen LogP contribution >= 0.6 is 15.9 Å². The van der Waals surface area contributed by atoms with E-state index in [4.69, 9.17) is 0 Å². The van der Waals surface area contributed by atoms with E-state index in [-0.39, 0.29) is 24.2 Å². The molecule has 8 heteroatoms. The van der Waals surface area contributed by atoms with Crippen molar-refractivity contribution in [1.29, 1.82) is 0 Å². The summed E-state index contributed by atoms with van der Waals surface area (Å²) in [6, 6.07) is 11.4. The maximum absolute atomic E-state index is 12.9. The number of aliphatic hydroxyl groups is 1. The molecule has 0 aromatic heterocycles. The lowest BCUT2D eigenvalue weighted by molar-refractivity contribution is -0.137. The van der Waals surface area contributed by atoms with Gasteiger partial charge < -0.3 is 10.0 Å². The average molecular weight is 498 g/mol. The molecule has 0 aliphatic carbocycles. The molecule has 0 unspecified atom stereocenters. The number of alkyl halides is 3. The summed E-state index contributed by atoms with van der Waals surface area (Å²) in [4.78, 5) is 27.0. The number of rotatable bonds is 7. The highest BCUT2D eigenvalue weighted by molar-refractivity contribution is 9.10. The summed E-state index contributed by atoms with van der Waals surface area (Å²) >= 11 is 3.33. The number of ketones is 2. The van der Waals surface area contributed by atoms with Crippen molar-refractivity contribution in [1.82, 2.24) is 4.90 Å². The largest absolute Gasteiger partial charge is 0.416 e. The van der Waals surface area contributed by atoms with Gasteiger partial charge in [-0.15, -0.1) is 0 Å². The van der Waals surface area contributed by atoms with Gasteiger partial charge in [-0.25, -0.2) is 0 Å². The molecule has 0 radical (unpaired) electrons. The first-order valence-electron chi connectivity index (χ1n) is 10.0. The molecule has 1 N–H and O–H groups in total. The number of likely N-dealkylation sites (tertiary alicyclic amines) is 1. The molecule has 166 valence electrons. The van der Waals surface area contributed by atoms with Gasteiger partial charge in [-0.1, -0.05) is 40.2 Å². The molecule has 4 nitrogen and oxygen atoms in total. The SMILES string of the molecule is O=C(CCCN1CCC(O)(C(=O)c2cccc(C(F)(F)F)c2)CC1)c1ccc(Br)cc1. The highest BCUT2D eigenvalue weighted by atomic mass is 79.9. The molecule has 0 amide bonds. The van der Waals surface area contributed by atoms with Crippen LogP contribution in [0.4, 0.5) is 13.2 Å². The number of piperidine rings is 1. The van der Waals surface area contributed by atoms with Crippen LogP contribution in [0.5, 0.6) is 0 Å². The molecule has 1 aliphatic rings. The first-order chi connectivity index (χ1) is 14.6. The van der Waals surface area contributed by atoms with Gasteiger partial charge in [-0.05, 0) is 50.1 Å². The molecule has 1 fully saturated rings. The number of benzene rings is 2. The molecular formula is C23H23BrF3NO3. The fourth-order valence-electron chi connectivity index (χ4n) is 3.72. The van der Waals surface area contributed by atoms with E-state index >= 15 is 0 Å². The fraction of sp³-hybridized carbons (Fsp3) is 0.391. The summed E-state index contributed by atoms with van der Waals surface area (Å²) in [5.74, 6) is -0.621. The van der Waals surface area contributed by atoms with Crippen molar-refractivity contribution in [2.45, 2.75) is 37.5 Å². The number of carbonyl (C=O) groups excluding carboxylic acids is 2. The lowest BCUT2D eigenvalue weighted by Crippen LogP contribution is -2.49. The van der Waals surface area contributed by atoms with Crippen molar-refractivity contribution in [3.05, 3.63) is 69.7 Å². The summed E-state index contributed by atoms with van der Waals surface area (Å²) < 4.78 is 39.7. The molecule has 3 rings (SSSR count). The number of hydrogen-bond acceptors (Lipinski definition) is 4. The van der Waals surface area contributed by atoms with Crippen molar-refractivity contribution >= 4 is 27.5 Å². The Labute approximate surface area is 187 Å². The summed E-state index contributed by atoms with van der Waals surface area (Å²) in [7, 11) is 0. The Balaban J connectivity index is 1.51. The standard InChI is InChI=1S/C23H23BrF3NO3/c24-19-8-6-16(7-9-19)20(29)5-2-12-28-13-10-22(31,11-14-28)21(30)17-3-1-4-18(15-17)23(25,26)27/h1,3-4,6-9,15,31H,2,5,10-14H2. The van der Waals surface area contributed by atoms with Crippen LogP contribution in [0.25, 0.3) is 0 Å². The predicted octanol–water partition coefficient (Wildman–Crippen LogP) is 5.14. The van der Waals surface area contributed by atoms with Gasteiger partial charge in [0.05, 0.1) is 5.56 Å².